The van der Waals surface area contributed by atoms with Gasteiger partial charge in [0.2, 0.25) is 0 Å². The van der Waals surface area contributed by atoms with Crippen molar-refractivity contribution in [1.29, 1.82) is 0 Å². The fourth-order valence-electron chi connectivity index (χ4n) is 1.78. The summed E-state index contributed by atoms with van der Waals surface area (Å²) in [5.41, 5.74) is 0. The minimum absolute atomic E-state index is 0.0135. The highest BCUT2D eigenvalue weighted by Gasteiger charge is 2.45. The van der Waals surface area contributed by atoms with E-state index in [9.17, 15) is 13.2 Å². The number of likely N-dealkylation sites (N-methyl/N-ethyl adjacent to an activating group) is 1. The van der Waals surface area contributed by atoms with Crippen molar-refractivity contribution >= 4 is 16.2 Å². The Bertz CT molecular complexity index is 382. The predicted molar refractivity (Wildman–Crippen MR) is 62.9 cm³/mol. The molecular formula is C9H19N3O4S. The van der Waals surface area contributed by atoms with Crippen LogP contribution in [0.3, 0.4) is 0 Å². The number of aliphatic carboxylic acids is 1. The Hall–Kier alpha value is -0.700. The van der Waals surface area contributed by atoms with E-state index in [2.05, 4.69) is 0 Å². The van der Waals surface area contributed by atoms with Gasteiger partial charge in [-0.15, -0.1) is 0 Å². The molecule has 1 unspecified atom stereocenters. The van der Waals surface area contributed by atoms with Crippen molar-refractivity contribution in [3.05, 3.63) is 0 Å². The summed E-state index contributed by atoms with van der Waals surface area (Å²) < 4.78 is 25.9. The van der Waals surface area contributed by atoms with E-state index in [1.165, 1.54) is 7.05 Å². The van der Waals surface area contributed by atoms with Gasteiger partial charge in [-0.3, -0.25) is 4.79 Å². The highest BCUT2D eigenvalue weighted by atomic mass is 32.2. The van der Waals surface area contributed by atoms with Crippen LogP contribution in [0.15, 0.2) is 0 Å². The Morgan fingerprint density at radius 3 is 2.53 bits per heavy atom. The largest absolute Gasteiger partial charge is 0.480 e. The fourth-order valence-corrected chi connectivity index (χ4v) is 3.31. The molecule has 100 valence electrons. The van der Waals surface area contributed by atoms with E-state index in [-0.39, 0.29) is 13.1 Å². The Kier molecular flexibility index (Phi) is 4.48. The third-order valence-electron chi connectivity index (χ3n) is 2.74. The van der Waals surface area contributed by atoms with Crippen LogP contribution in [-0.2, 0) is 15.0 Å². The van der Waals surface area contributed by atoms with Gasteiger partial charge in [-0.05, 0) is 27.1 Å². The maximum absolute atomic E-state index is 11.9. The first-order valence-corrected chi connectivity index (χ1v) is 6.77. The molecule has 0 amide bonds. The van der Waals surface area contributed by atoms with Crippen LogP contribution in [0.4, 0.5) is 0 Å². The van der Waals surface area contributed by atoms with E-state index in [1.807, 2.05) is 19.0 Å². The lowest BCUT2D eigenvalue weighted by Gasteiger charge is -2.20. The van der Waals surface area contributed by atoms with Crippen LogP contribution >= 0.6 is 0 Å². The summed E-state index contributed by atoms with van der Waals surface area (Å²) in [6.07, 6.45) is 0.615. The van der Waals surface area contributed by atoms with Gasteiger partial charge in [0, 0.05) is 20.1 Å². The van der Waals surface area contributed by atoms with E-state index >= 15 is 0 Å². The van der Waals surface area contributed by atoms with Gasteiger partial charge in [0.15, 0.2) is 0 Å². The predicted octanol–water partition coefficient (Wildman–Crippen LogP) is -1.12. The molecule has 1 aliphatic heterocycles. The van der Waals surface area contributed by atoms with E-state index in [1.54, 1.807) is 0 Å². The Morgan fingerprint density at radius 2 is 2.06 bits per heavy atom. The van der Waals surface area contributed by atoms with E-state index in [4.69, 9.17) is 5.11 Å². The second-order valence-electron chi connectivity index (χ2n) is 4.41. The third kappa shape index (κ3) is 3.15. The number of hydrogen-bond acceptors (Lipinski definition) is 4. The molecule has 1 fully saturated rings. The zero-order chi connectivity index (χ0) is 13.2. The molecule has 17 heavy (non-hydrogen) atoms. The summed E-state index contributed by atoms with van der Waals surface area (Å²) in [7, 11) is 1.59. The van der Waals surface area contributed by atoms with Gasteiger partial charge in [-0.25, -0.2) is 0 Å². The minimum Gasteiger partial charge on any atom is -0.480 e. The summed E-state index contributed by atoms with van der Waals surface area (Å²) in [6.45, 7) is 0.976. The summed E-state index contributed by atoms with van der Waals surface area (Å²) in [5, 5.41) is 9.00. The van der Waals surface area contributed by atoms with Crippen molar-refractivity contribution in [3.8, 4) is 0 Å². The molecule has 1 rings (SSSR count). The van der Waals surface area contributed by atoms with Crippen molar-refractivity contribution in [1.82, 2.24) is 13.5 Å². The van der Waals surface area contributed by atoms with Crippen LogP contribution in [0.1, 0.15) is 6.42 Å². The van der Waals surface area contributed by atoms with Gasteiger partial charge in [0.05, 0.1) is 0 Å². The Balaban J connectivity index is 2.73. The SMILES string of the molecule is CN(C)CCCN1C(C(=O)O)CN(C)S1(=O)=O. The highest BCUT2D eigenvalue weighted by molar-refractivity contribution is 7.87. The zero-order valence-electron chi connectivity index (χ0n) is 10.3. The standard InChI is InChI=1S/C9H19N3O4S/c1-10(2)5-4-6-12-8(9(13)14)7-11(3)17(12,15)16/h8H,4-7H2,1-3H3,(H,13,14). The van der Waals surface area contributed by atoms with E-state index in [0.717, 1.165) is 15.2 Å². The Morgan fingerprint density at radius 1 is 1.47 bits per heavy atom. The van der Waals surface area contributed by atoms with Crippen molar-refractivity contribution in [2.24, 2.45) is 0 Å². The number of carbonyl (C=O) groups is 1. The summed E-state index contributed by atoms with van der Waals surface area (Å²) in [4.78, 5) is 12.9. The first-order valence-electron chi connectivity index (χ1n) is 5.37. The normalized spacial score (nSPS) is 25.5. The van der Waals surface area contributed by atoms with Crippen LogP contribution in [0.25, 0.3) is 0 Å². The molecule has 1 N–H and O–H groups in total. The van der Waals surface area contributed by atoms with Crippen molar-refractivity contribution in [2.45, 2.75) is 12.5 Å². The van der Waals surface area contributed by atoms with Crippen molar-refractivity contribution < 1.29 is 18.3 Å². The lowest BCUT2D eigenvalue weighted by Crippen LogP contribution is -2.41. The molecule has 0 aromatic carbocycles. The topological polar surface area (TPSA) is 81.2 Å². The monoisotopic (exact) mass is 265 g/mol. The van der Waals surface area contributed by atoms with Gasteiger partial charge in [-0.1, -0.05) is 0 Å². The lowest BCUT2D eigenvalue weighted by atomic mass is 10.3. The average Bonchev–Trinajstić information content (AvgIpc) is 2.40. The molecule has 1 heterocycles. The molecule has 0 aromatic rings. The molecule has 0 radical (unpaired) electrons. The lowest BCUT2D eigenvalue weighted by molar-refractivity contribution is -0.141. The average molecular weight is 265 g/mol. The van der Waals surface area contributed by atoms with Gasteiger partial charge in [-0.2, -0.15) is 17.0 Å². The molecule has 1 saturated heterocycles. The molecule has 1 aliphatic rings. The maximum atomic E-state index is 11.9. The molecule has 0 aromatic heterocycles. The van der Waals surface area contributed by atoms with Gasteiger partial charge < -0.3 is 10.0 Å². The number of nitrogens with zero attached hydrogens (tertiary/aromatic N) is 3. The maximum Gasteiger partial charge on any atom is 0.323 e. The Labute approximate surface area is 102 Å². The van der Waals surface area contributed by atoms with Crippen LogP contribution in [0.5, 0.6) is 0 Å². The smallest absolute Gasteiger partial charge is 0.323 e. The molecule has 0 spiro atoms. The highest BCUT2D eigenvalue weighted by Crippen LogP contribution is 2.21. The molecule has 1 atom stereocenters. The van der Waals surface area contributed by atoms with Crippen molar-refractivity contribution in [3.63, 3.8) is 0 Å². The minimum atomic E-state index is -3.59. The first-order chi connectivity index (χ1) is 7.76. The van der Waals surface area contributed by atoms with Gasteiger partial charge in [0.25, 0.3) is 10.2 Å². The molecule has 8 heteroatoms. The molecule has 0 bridgehead atoms. The summed E-state index contributed by atoms with van der Waals surface area (Å²) in [5.74, 6) is -1.09. The zero-order valence-corrected chi connectivity index (χ0v) is 11.1. The van der Waals surface area contributed by atoms with E-state index < -0.39 is 22.2 Å². The van der Waals surface area contributed by atoms with Gasteiger partial charge >= 0.3 is 5.97 Å². The number of rotatable bonds is 5. The number of carboxylic acid groups (broad SMARTS) is 1. The molecule has 7 nitrogen and oxygen atoms in total. The van der Waals surface area contributed by atoms with Crippen molar-refractivity contribution in [2.75, 3.05) is 40.8 Å². The molecular weight excluding hydrogens is 246 g/mol. The summed E-state index contributed by atoms with van der Waals surface area (Å²) in [6, 6.07) is -0.966. The van der Waals surface area contributed by atoms with Crippen LogP contribution in [0.2, 0.25) is 0 Å². The van der Waals surface area contributed by atoms with Crippen LogP contribution in [-0.4, -0.2) is 79.8 Å². The third-order valence-corrected chi connectivity index (χ3v) is 4.70. The second kappa shape index (κ2) is 5.30. The summed E-state index contributed by atoms with van der Waals surface area (Å²) >= 11 is 0. The number of carboxylic acids is 1. The molecule has 0 saturated carbocycles. The second-order valence-corrected chi connectivity index (χ2v) is 6.40. The first kappa shape index (κ1) is 14.4. The quantitative estimate of drug-likeness (QED) is 0.681. The molecule has 0 aliphatic carbocycles. The van der Waals surface area contributed by atoms with E-state index in [0.29, 0.717) is 6.42 Å². The number of hydrogen-bond donors (Lipinski definition) is 1. The fraction of sp³-hybridized carbons (Fsp3) is 0.889. The van der Waals surface area contributed by atoms with Gasteiger partial charge in [0.1, 0.15) is 6.04 Å². The van der Waals surface area contributed by atoms with Crippen LogP contribution in [0, 0.1) is 0 Å². The van der Waals surface area contributed by atoms with Crippen LogP contribution < -0.4 is 0 Å².